The van der Waals surface area contributed by atoms with Crippen molar-refractivity contribution in [1.82, 2.24) is 4.98 Å². The van der Waals surface area contributed by atoms with Crippen LogP contribution in [0.2, 0.25) is 0 Å². The zero-order valence-electron chi connectivity index (χ0n) is 9.06. The molecular formula is C10H14BN5O. The highest BCUT2D eigenvalue weighted by atomic mass is 16.4. The average Bonchev–Trinajstić information content (AvgIpc) is 2.79. The molecule has 0 amide bonds. The molecule has 0 aliphatic carbocycles. The third kappa shape index (κ3) is 3.99. The Morgan fingerprint density at radius 3 is 2.06 bits per heavy atom. The lowest BCUT2D eigenvalue weighted by atomic mass is 10.1. The van der Waals surface area contributed by atoms with Crippen LogP contribution in [0.25, 0.3) is 0 Å². The van der Waals surface area contributed by atoms with E-state index in [0.29, 0.717) is 0 Å². The largest absolute Gasteiger partial charge is 0.563 e. The summed E-state index contributed by atoms with van der Waals surface area (Å²) in [4.78, 5) is 3.12. The SMILES string of the molecule is CCc1[nH]cc[n+]1C.[BH3-]OC(C#N)(C#N)C#N. The van der Waals surface area contributed by atoms with Crippen LogP contribution in [-0.4, -0.2) is 18.6 Å². The standard InChI is InChI=1S/C6H10N2.C4H3BN3O/c1-3-6-7-4-5-8(6)2;5-9-4(1-6,2-7)3-8/h4-5H,3H2,1-2H3;5H3/q;-1/p+1. The maximum absolute atomic E-state index is 8.20. The predicted octanol–water partition coefficient (Wildman–Crippen LogP) is -1.01. The highest BCUT2D eigenvalue weighted by molar-refractivity contribution is 5.99. The second-order valence-corrected chi connectivity index (χ2v) is 2.89. The maximum Gasteiger partial charge on any atom is 0.289 e. The quantitative estimate of drug-likeness (QED) is 0.520. The van der Waals surface area contributed by atoms with Gasteiger partial charge in [-0.2, -0.15) is 15.8 Å². The van der Waals surface area contributed by atoms with E-state index in [0.717, 1.165) is 6.42 Å². The molecule has 0 saturated heterocycles. The zero-order valence-corrected chi connectivity index (χ0v) is 9.06. The van der Waals surface area contributed by atoms with Crippen LogP contribution in [0, 0.1) is 34.0 Å². The van der Waals surface area contributed by atoms with Gasteiger partial charge < -0.3 is 4.65 Å². The van der Waals surface area contributed by atoms with Crippen LogP contribution in [0.1, 0.15) is 12.7 Å². The lowest BCUT2D eigenvalue weighted by molar-refractivity contribution is -0.677. The van der Waals surface area contributed by atoms with Gasteiger partial charge in [0, 0.05) is 6.42 Å². The Bertz CT molecular complexity index is 440. The summed E-state index contributed by atoms with van der Waals surface area (Å²) >= 11 is 0. The lowest BCUT2D eigenvalue weighted by Crippen LogP contribution is -2.29. The Labute approximate surface area is 101 Å². The molecule has 6 nitrogen and oxygen atoms in total. The molecule has 7 heteroatoms. The van der Waals surface area contributed by atoms with Crippen LogP contribution < -0.4 is 4.57 Å². The summed E-state index contributed by atoms with van der Waals surface area (Å²) in [6.45, 7) is 2.13. The number of imidazole rings is 1. The Hall–Kier alpha value is -2.30. The first kappa shape index (κ1) is 14.7. The van der Waals surface area contributed by atoms with E-state index < -0.39 is 13.7 Å². The lowest BCUT2D eigenvalue weighted by Gasteiger charge is -2.10. The van der Waals surface area contributed by atoms with Crippen molar-refractivity contribution < 1.29 is 9.22 Å². The van der Waals surface area contributed by atoms with Gasteiger partial charge in [-0.3, -0.25) is 0 Å². The van der Waals surface area contributed by atoms with E-state index in [9.17, 15) is 0 Å². The number of aryl methyl sites for hydroxylation is 2. The average molecular weight is 231 g/mol. The molecule has 17 heavy (non-hydrogen) atoms. The molecule has 0 aliphatic heterocycles. The van der Waals surface area contributed by atoms with Crippen molar-refractivity contribution in [1.29, 1.82) is 15.8 Å². The van der Waals surface area contributed by atoms with Crippen molar-refractivity contribution in [3.05, 3.63) is 18.2 Å². The van der Waals surface area contributed by atoms with Crippen molar-refractivity contribution >= 4 is 8.05 Å². The van der Waals surface area contributed by atoms with E-state index in [-0.39, 0.29) is 0 Å². The van der Waals surface area contributed by atoms with Crippen LogP contribution in [0.4, 0.5) is 0 Å². The fourth-order valence-electron chi connectivity index (χ4n) is 0.864. The molecule has 0 atom stereocenters. The Balaban J connectivity index is 0.000000302. The number of aromatic nitrogens is 2. The number of nitriles is 3. The molecule has 1 N–H and O–H groups in total. The molecule has 1 aromatic heterocycles. The fraction of sp³-hybridized carbons (Fsp3) is 0.400. The second kappa shape index (κ2) is 7.06. The summed E-state index contributed by atoms with van der Waals surface area (Å²) in [6, 6.07) is 4.45. The van der Waals surface area contributed by atoms with E-state index in [4.69, 9.17) is 15.8 Å². The summed E-state index contributed by atoms with van der Waals surface area (Å²) in [5.74, 6) is 1.27. The van der Waals surface area contributed by atoms with E-state index in [1.54, 1.807) is 0 Å². The smallest absolute Gasteiger partial charge is 0.289 e. The van der Waals surface area contributed by atoms with E-state index in [1.807, 2.05) is 19.4 Å². The summed E-state index contributed by atoms with van der Waals surface area (Å²) < 4.78 is 6.64. The number of rotatable bonds is 2. The minimum atomic E-state index is -1.81. The summed E-state index contributed by atoms with van der Waals surface area (Å²) in [6.07, 6.45) is 5.03. The minimum absolute atomic E-state index is 0.534. The van der Waals surface area contributed by atoms with Crippen LogP contribution in [0.15, 0.2) is 12.4 Å². The molecule has 0 saturated carbocycles. The molecule has 0 bridgehead atoms. The van der Waals surface area contributed by atoms with Gasteiger partial charge >= 0.3 is 0 Å². The predicted molar refractivity (Wildman–Crippen MR) is 61.9 cm³/mol. The summed E-state index contributed by atoms with van der Waals surface area (Å²) in [7, 11) is 1.50. The molecule has 88 valence electrons. The molecule has 0 unspecified atom stereocenters. The number of H-pyrrole nitrogens is 1. The van der Waals surface area contributed by atoms with E-state index in [2.05, 4.69) is 21.1 Å². The summed E-state index contributed by atoms with van der Waals surface area (Å²) in [5, 5.41) is 24.6. The first-order valence-corrected chi connectivity index (χ1v) is 4.49. The van der Waals surface area contributed by atoms with Crippen LogP contribution in [-0.2, 0) is 18.1 Å². The van der Waals surface area contributed by atoms with Crippen LogP contribution >= 0.6 is 0 Å². The van der Waals surface area contributed by atoms with Gasteiger partial charge in [0.05, 0.1) is 15.1 Å². The monoisotopic (exact) mass is 231 g/mol. The number of nitrogens with zero attached hydrogens (tertiary/aromatic N) is 4. The van der Waals surface area contributed by atoms with Gasteiger partial charge in [-0.1, -0.05) is 6.92 Å². The molecule has 0 aromatic carbocycles. The van der Waals surface area contributed by atoms with Gasteiger partial charge in [0.25, 0.3) is 11.4 Å². The van der Waals surface area contributed by atoms with Gasteiger partial charge in [0.2, 0.25) is 0 Å². The number of hydrogen-bond acceptors (Lipinski definition) is 4. The molecule has 0 fully saturated rings. The van der Waals surface area contributed by atoms with Gasteiger partial charge in [0.15, 0.2) is 0 Å². The van der Waals surface area contributed by atoms with Crippen LogP contribution in [0.5, 0.6) is 0 Å². The van der Waals surface area contributed by atoms with Crippen LogP contribution in [0.3, 0.4) is 0 Å². The third-order valence-electron chi connectivity index (χ3n) is 1.78. The Kier molecular flexibility index (Phi) is 6.10. The Morgan fingerprint density at radius 1 is 1.41 bits per heavy atom. The molecular weight excluding hydrogens is 217 g/mol. The van der Waals surface area contributed by atoms with E-state index >= 15 is 0 Å². The number of aromatic amines is 1. The number of hydrogen-bond donors (Lipinski definition) is 1. The normalized spacial score (nSPS) is 9.18. The van der Waals surface area contributed by atoms with Crippen molar-refractivity contribution in [2.75, 3.05) is 0 Å². The Morgan fingerprint density at radius 2 is 1.94 bits per heavy atom. The van der Waals surface area contributed by atoms with Gasteiger partial charge in [-0.25, -0.2) is 9.55 Å². The second-order valence-electron chi connectivity index (χ2n) is 2.89. The van der Waals surface area contributed by atoms with Crippen molar-refractivity contribution in [2.24, 2.45) is 7.05 Å². The highest BCUT2D eigenvalue weighted by Crippen LogP contribution is 2.02. The maximum atomic E-state index is 8.20. The first-order valence-electron chi connectivity index (χ1n) is 4.49. The van der Waals surface area contributed by atoms with Crippen molar-refractivity contribution in [2.45, 2.75) is 18.9 Å². The van der Waals surface area contributed by atoms with Gasteiger partial charge in [-0.05, 0) is 0 Å². The fourth-order valence-corrected chi connectivity index (χ4v) is 0.864. The number of nitrogens with one attached hydrogen (secondary N) is 1. The molecule has 0 spiro atoms. The van der Waals surface area contributed by atoms with Gasteiger partial charge in [0.1, 0.15) is 30.6 Å². The zero-order chi connectivity index (χ0) is 13.3. The molecule has 1 rings (SSSR count). The molecule has 0 aliphatic rings. The molecule has 1 aromatic rings. The van der Waals surface area contributed by atoms with Crippen molar-refractivity contribution in [3.63, 3.8) is 0 Å². The van der Waals surface area contributed by atoms with Gasteiger partial charge in [-0.15, -0.1) is 0 Å². The topological polar surface area (TPSA) is 100 Å². The van der Waals surface area contributed by atoms with E-state index in [1.165, 1.54) is 24.0 Å². The minimum Gasteiger partial charge on any atom is -0.563 e. The first-order chi connectivity index (χ1) is 8.09. The summed E-state index contributed by atoms with van der Waals surface area (Å²) in [5.41, 5.74) is -1.81. The van der Waals surface area contributed by atoms with Crippen molar-refractivity contribution in [3.8, 4) is 18.2 Å². The molecule has 0 radical (unpaired) electrons. The molecule has 1 heterocycles. The third-order valence-corrected chi connectivity index (χ3v) is 1.78. The highest BCUT2D eigenvalue weighted by Gasteiger charge is 2.24.